The number of aliphatic hydroxyl groups is 1. The molecule has 0 bridgehead atoms. The van der Waals surface area contributed by atoms with Gasteiger partial charge in [0.1, 0.15) is 28.7 Å². The molecule has 3 heterocycles. The second-order valence-corrected chi connectivity index (χ2v) is 21.4. The number of halogens is 2. The van der Waals surface area contributed by atoms with Crippen LogP contribution < -0.4 is 36.6 Å². The summed E-state index contributed by atoms with van der Waals surface area (Å²) in [7, 11) is 3.23. The summed E-state index contributed by atoms with van der Waals surface area (Å²) in [6, 6.07) is 2.96. The van der Waals surface area contributed by atoms with Crippen LogP contribution in [0.25, 0.3) is 5.57 Å². The van der Waals surface area contributed by atoms with Crippen molar-refractivity contribution in [1.29, 1.82) is 0 Å². The molecule has 2 saturated carbocycles. The SMILES string of the molecule is C=C(/C=C\C(=C/C)c1scnc1C)CNC(=O)C1C[C@H](O)CN1C(=O)[C@@H](NC(=O)C1(F)CC1)C(C)(C)SCC1CCC(CNCCNC(=O)c2ccc(Nc3ncc(Cl)c(NC)n3)c(OC)c2)CC1. The molecule has 1 aliphatic heterocycles. The van der Waals surface area contributed by atoms with Crippen LogP contribution in [-0.2, 0) is 14.4 Å². The molecule has 2 aliphatic carbocycles. The van der Waals surface area contributed by atoms with Gasteiger partial charge in [0.25, 0.3) is 11.8 Å². The average molecular weight is 1010 g/mol. The van der Waals surface area contributed by atoms with Gasteiger partial charge in [-0.05, 0) is 120 Å². The molecule has 0 radical (unpaired) electrons. The third-order valence-electron chi connectivity index (χ3n) is 12.9. The van der Waals surface area contributed by atoms with Crippen molar-refractivity contribution in [2.45, 2.75) is 101 Å². The van der Waals surface area contributed by atoms with Crippen LogP contribution in [0.2, 0.25) is 5.02 Å². The normalized spacial score (nSPS) is 20.5. The summed E-state index contributed by atoms with van der Waals surface area (Å²) >= 11 is 9.21. The maximum absolute atomic E-state index is 15.1. The molecule has 374 valence electrons. The van der Waals surface area contributed by atoms with Crippen LogP contribution in [0.3, 0.4) is 0 Å². The number of benzene rings is 1. The number of aliphatic hydroxyl groups excluding tert-OH is 1. The number of aryl methyl sites for hydroxylation is 1. The number of thioether (sulfide) groups is 1. The summed E-state index contributed by atoms with van der Waals surface area (Å²) in [6.45, 7) is 13.6. The number of hydrogen-bond acceptors (Lipinski definition) is 14. The van der Waals surface area contributed by atoms with Crippen LogP contribution in [0.4, 0.5) is 21.8 Å². The first-order chi connectivity index (χ1) is 32.9. The van der Waals surface area contributed by atoms with Gasteiger partial charge < -0.3 is 46.6 Å². The van der Waals surface area contributed by atoms with Gasteiger partial charge in [-0.15, -0.1) is 11.3 Å². The number of amides is 4. The number of ether oxygens (including phenoxy) is 1. The van der Waals surface area contributed by atoms with Crippen molar-refractivity contribution in [1.82, 2.24) is 41.1 Å². The fourth-order valence-corrected chi connectivity index (χ4v) is 10.8. The van der Waals surface area contributed by atoms with Crippen LogP contribution in [0, 0.1) is 18.8 Å². The van der Waals surface area contributed by atoms with E-state index in [1.165, 1.54) is 18.2 Å². The van der Waals surface area contributed by atoms with E-state index in [9.17, 15) is 24.3 Å². The number of aromatic nitrogens is 3. The molecule has 1 unspecified atom stereocenters. The number of carbonyl (C=O) groups excluding carboxylic acids is 4. The maximum atomic E-state index is 15.1. The zero-order valence-corrected chi connectivity index (χ0v) is 42.6. The van der Waals surface area contributed by atoms with Gasteiger partial charge >= 0.3 is 0 Å². The molecule has 0 spiro atoms. The molecule has 1 aromatic carbocycles. The van der Waals surface area contributed by atoms with E-state index >= 15 is 4.39 Å². The van der Waals surface area contributed by atoms with Gasteiger partial charge in [-0.2, -0.15) is 16.7 Å². The largest absolute Gasteiger partial charge is 0.495 e. The van der Waals surface area contributed by atoms with Gasteiger partial charge in [0.05, 0.1) is 41.2 Å². The van der Waals surface area contributed by atoms with Crippen molar-refractivity contribution < 1.29 is 33.4 Å². The third kappa shape index (κ3) is 14.3. The molecule has 3 fully saturated rings. The number of β-amino-alcohol motifs (C(OH)–C–C–N with tert-alkyl or cyclic N) is 1. The Kier molecular flexibility index (Phi) is 18.7. The fraction of sp³-hybridized carbons (Fsp3) is 0.531. The number of nitrogens with one attached hydrogen (secondary N) is 6. The zero-order valence-electron chi connectivity index (χ0n) is 40.3. The van der Waals surface area contributed by atoms with E-state index < -0.39 is 46.3 Å². The van der Waals surface area contributed by atoms with Gasteiger partial charge in [-0.3, -0.25) is 19.2 Å². The maximum Gasteiger partial charge on any atom is 0.258 e. The number of alkyl halides is 1. The van der Waals surface area contributed by atoms with Gasteiger partial charge in [0.15, 0.2) is 5.67 Å². The highest BCUT2D eigenvalue weighted by Gasteiger charge is 2.54. The number of carbonyl (C=O) groups is 4. The fourth-order valence-electron chi connectivity index (χ4n) is 8.42. The zero-order chi connectivity index (χ0) is 49.9. The molecule has 1 saturated heterocycles. The van der Waals surface area contributed by atoms with Gasteiger partial charge in [-0.1, -0.05) is 36.4 Å². The number of methoxy groups -OCH3 is 1. The molecule has 3 aromatic rings. The third-order valence-corrected chi connectivity index (χ3v) is 15.7. The summed E-state index contributed by atoms with van der Waals surface area (Å²) in [4.78, 5) is 69.6. The lowest BCUT2D eigenvalue weighted by atomic mass is 9.83. The number of anilines is 3. The molecule has 7 N–H and O–H groups in total. The van der Waals surface area contributed by atoms with Crippen molar-refractivity contribution in [2.75, 3.05) is 63.3 Å². The quantitative estimate of drug-likeness (QED) is 0.0395. The molecule has 16 nitrogen and oxygen atoms in total. The van der Waals surface area contributed by atoms with E-state index in [1.54, 1.807) is 53.9 Å². The topological polar surface area (TPSA) is 212 Å². The van der Waals surface area contributed by atoms with E-state index in [2.05, 4.69) is 53.4 Å². The smallest absolute Gasteiger partial charge is 0.258 e. The minimum atomic E-state index is -2.01. The van der Waals surface area contributed by atoms with Gasteiger partial charge in [0.2, 0.25) is 17.8 Å². The van der Waals surface area contributed by atoms with Crippen LogP contribution >= 0.6 is 34.7 Å². The lowest BCUT2D eigenvalue weighted by molar-refractivity contribution is -0.143. The van der Waals surface area contributed by atoms with Crippen LogP contribution in [0.5, 0.6) is 5.75 Å². The first-order valence-electron chi connectivity index (χ1n) is 23.4. The van der Waals surface area contributed by atoms with E-state index in [-0.39, 0.29) is 38.3 Å². The second kappa shape index (κ2) is 24.2. The highest BCUT2D eigenvalue weighted by Crippen LogP contribution is 2.42. The van der Waals surface area contributed by atoms with E-state index in [0.29, 0.717) is 64.3 Å². The molecule has 69 heavy (non-hydrogen) atoms. The lowest BCUT2D eigenvalue weighted by Crippen LogP contribution is -2.61. The van der Waals surface area contributed by atoms with Crippen LogP contribution in [0.15, 0.2) is 60.3 Å². The van der Waals surface area contributed by atoms with E-state index in [0.717, 1.165) is 54.1 Å². The molecule has 20 heteroatoms. The molecule has 4 amide bonds. The number of hydrogen-bond donors (Lipinski definition) is 7. The number of allylic oxidation sites excluding steroid dienone is 3. The molecule has 6 rings (SSSR count). The van der Waals surface area contributed by atoms with Crippen molar-refractivity contribution >= 4 is 81.4 Å². The highest BCUT2D eigenvalue weighted by atomic mass is 35.5. The summed E-state index contributed by atoms with van der Waals surface area (Å²) in [5, 5.41) is 29.2. The van der Waals surface area contributed by atoms with Crippen LogP contribution in [0.1, 0.15) is 86.6 Å². The standard InChI is InChI=1S/C49H66ClFN10O6S2/c1-8-33(40-30(3)57-28-68-40)14-9-29(2)23-55-44(64)38-22-35(62)26-61(38)45(65)41(59-46(66)49(51)17-18-49)48(4,5)69-27-32-12-10-31(11-13-32)24-53-19-20-54-43(63)34-15-16-37(39(21-34)67-7)58-47-56-25-36(50)42(52-6)60-47/h8-9,14-16,21,25,28,31-32,35,38,41,53,62H,2,10-13,17-20,22-24,26-27H2,1,3-7H3,(H,54,63)(H,55,64)(H,59,66)(H2,52,56,58,60)/b14-9-,33-8+/t31?,32?,35-,38?,41+/m0/s1. The average Bonchev–Trinajstić information content (AvgIpc) is 3.76. The Hall–Kier alpha value is -5.08. The summed E-state index contributed by atoms with van der Waals surface area (Å²) < 4.78 is 19.8. The number of likely N-dealkylation sites (tertiary alicyclic amines) is 1. The Morgan fingerprint density at radius 3 is 2.52 bits per heavy atom. The van der Waals surface area contributed by atoms with Crippen molar-refractivity contribution in [2.24, 2.45) is 11.8 Å². The van der Waals surface area contributed by atoms with E-state index in [1.807, 2.05) is 45.9 Å². The summed E-state index contributed by atoms with van der Waals surface area (Å²) in [6.07, 6.45) is 10.5. The van der Waals surface area contributed by atoms with Crippen molar-refractivity contribution in [3.63, 3.8) is 0 Å². The van der Waals surface area contributed by atoms with Gasteiger partial charge in [-0.25, -0.2) is 14.4 Å². The first-order valence-corrected chi connectivity index (χ1v) is 25.7. The molecular formula is C49H66ClFN10O6S2. The Bertz CT molecular complexity index is 2390. The van der Waals surface area contributed by atoms with E-state index in [4.69, 9.17) is 16.3 Å². The number of nitrogens with zero attached hydrogens (tertiary/aromatic N) is 4. The van der Waals surface area contributed by atoms with Crippen molar-refractivity contribution in [3.8, 4) is 5.75 Å². The Labute approximate surface area is 417 Å². The Morgan fingerprint density at radius 2 is 1.86 bits per heavy atom. The predicted octanol–water partition coefficient (Wildman–Crippen LogP) is 6.61. The molecular weight excluding hydrogens is 943 g/mol. The number of rotatable bonds is 23. The highest BCUT2D eigenvalue weighted by molar-refractivity contribution is 8.00. The Morgan fingerprint density at radius 1 is 1.12 bits per heavy atom. The lowest BCUT2D eigenvalue weighted by Gasteiger charge is -2.38. The molecule has 3 atom stereocenters. The summed E-state index contributed by atoms with van der Waals surface area (Å²) in [5.41, 5.74) is 3.37. The van der Waals surface area contributed by atoms with Crippen LogP contribution in [-0.4, -0.2) is 130 Å². The number of thiazole rings is 1. The monoisotopic (exact) mass is 1010 g/mol. The van der Waals surface area contributed by atoms with Crippen molar-refractivity contribution in [3.05, 3.63) is 81.4 Å². The summed E-state index contributed by atoms with van der Waals surface area (Å²) in [5.74, 6) is 0.802. The minimum Gasteiger partial charge on any atom is -0.495 e. The molecule has 3 aliphatic rings. The Balaban J connectivity index is 0.950. The van der Waals surface area contributed by atoms with Gasteiger partial charge in [0, 0.05) is 50.0 Å². The minimum absolute atomic E-state index is 0.0334. The predicted molar refractivity (Wildman–Crippen MR) is 273 cm³/mol. The molecule has 2 aromatic heterocycles. The first kappa shape index (κ1) is 53.3. The second-order valence-electron chi connectivity index (χ2n) is 18.4.